The number of urea groups is 1. The van der Waals surface area contributed by atoms with Gasteiger partial charge in [0.25, 0.3) is 0 Å². The fourth-order valence-corrected chi connectivity index (χ4v) is 3.18. The lowest BCUT2D eigenvalue weighted by atomic mass is 9.98. The van der Waals surface area contributed by atoms with Crippen molar-refractivity contribution < 1.29 is 4.79 Å². The van der Waals surface area contributed by atoms with Crippen LogP contribution in [0.5, 0.6) is 0 Å². The van der Waals surface area contributed by atoms with E-state index in [0.717, 1.165) is 44.1 Å². The molecule has 24 heavy (non-hydrogen) atoms. The predicted molar refractivity (Wildman–Crippen MR) is 97.0 cm³/mol. The minimum Gasteiger partial charge on any atom is -0.346 e. The number of aromatic nitrogens is 2. The van der Waals surface area contributed by atoms with Crippen LogP contribution in [0.25, 0.3) is 0 Å². The molecule has 6 heteroatoms. The van der Waals surface area contributed by atoms with Crippen LogP contribution in [0.4, 0.5) is 4.79 Å². The van der Waals surface area contributed by atoms with E-state index in [1.54, 1.807) is 0 Å². The number of nitrogens with zero attached hydrogens (tertiary/aromatic N) is 2. The number of imidazole rings is 1. The number of nitrogens with one attached hydrogen (secondary N) is 3. The van der Waals surface area contributed by atoms with Crippen molar-refractivity contribution in [1.82, 2.24) is 25.5 Å². The number of aromatic amines is 1. The summed E-state index contributed by atoms with van der Waals surface area (Å²) in [5, 5.41) is 5.97. The highest BCUT2D eigenvalue weighted by molar-refractivity contribution is 5.74. The number of amides is 2. The Hall–Kier alpha value is -1.56. The van der Waals surface area contributed by atoms with Crippen LogP contribution in [-0.2, 0) is 13.0 Å². The predicted octanol–water partition coefficient (Wildman–Crippen LogP) is 2.59. The highest BCUT2D eigenvalue weighted by Crippen LogP contribution is 2.19. The summed E-state index contributed by atoms with van der Waals surface area (Å²) < 4.78 is 0. The van der Waals surface area contributed by atoms with Crippen LogP contribution in [0.1, 0.15) is 57.7 Å². The summed E-state index contributed by atoms with van der Waals surface area (Å²) in [6.07, 6.45) is 3.29. The summed E-state index contributed by atoms with van der Waals surface area (Å²) in [4.78, 5) is 22.4. The summed E-state index contributed by atoms with van der Waals surface area (Å²) in [6, 6.07) is -0.0737. The third-order valence-corrected chi connectivity index (χ3v) is 4.39. The average Bonchev–Trinajstić information content (AvgIpc) is 2.84. The molecule has 2 rings (SSSR count). The molecule has 1 saturated heterocycles. The van der Waals surface area contributed by atoms with E-state index in [4.69, 9.17) is 0 Å². The maximum absolute atomic E-state index is 11.9. The van der Waals surface area contributed by atoms with E-state index in [9.17, 15) is 4.79 Å². The number of carbonyl (C=O) groups is 1. The Morgan fingerprint density at radius 1 is 1.42 bits per heavy atom. The molecule has 0 spiro atoms. The van der Waals surface area contributed by atoms with E-state index in [2.05, 4.69) is 39.3 Å². The zero-order chi connectivity index (χ0) is 17.7. The van der Waals surface area contributed by atoms with E-state index < -0.39 is 0 Å². The van der Waals surface area contributed by atoms with Gasteiger partial charge in [-0.3, -0.25) is 4.90 Å². The maximum atomic E-state index is 11.9. The van der Waals surface area contributed by atoms with Crippen LogP contribution in [0.15, 0.2) is 0 Å². The first-order valence-electron chi connectivity index (χ1n) is 9.09. The van der Waals surface area contributed by atoms with Gasteiger partial charge in [0.2, 0.25) is 0 Å². The number of likely N-dealkylation sites (tertiary alicyclic amines) is 1. The van der Waals surface area contributed by atoms with Crippen molar-refractivity contribution in [3.8, 4) is 0 Å². The molecule has 1 atom stereocenters. The summed E-state index contributed by atoms with van der Waals surface area (Å²) in [6.45, 7) is 13.9. The Labute approximate surface area is 145 Å². The van der Waals surface area contributed by atoms with Crippen molar-refractivity contribution in [1.29, 1.82) is 0 Å². The second kappa shape index (κ2) is 8.01. The fraction of sp³-hybridized carbons (Fsp3) is 0.778. The first-order valence-corrected chi connectivity index (χ1v) is 9.09. The molecule has 2 heterocycles. The molecule has 1 aliphatic rings. The zero-order valence-electron chi connectivity index (χ0n) is 15.8. The quantitative estimate of drug-likeness (QED) is 0.774. The molecular formula is C18H33N5O. The first-order chi connectivity index (χ1) is 11.3. The minimum atomic E-state index is -0.197. The zero-order valence-corrected chi connectivity index (χ0v) is 15.8. The third kappa shape index (κ3) is 5.82. The van der Waals surface area contributed by atoms with Gasteiger partial charge in [-0.05, 0) is 53.0 Å². The second-order valence-electron chi connectivity index (χ2n) is 7.94. The average molecular weight is 335 g/mol. The van der Waals surface area contributed by atoms with Crippen LogP contribution < -0.4 is 10.6 Å². The fourth-order valence-electron chi connectivity index (χ4n) is 3.18. The van der Waals surface area contributed by atoms with Crippen LogP contribution in [0.2, 0.25) is 0 Å². The van der Waals surface area contributed by atoms with Gasteiger partial charge < -0.3 is 15.6 Å². The monoisotopic (exact) mass is 335 g/mol. The van der Waals surface area contributed by atoms with E-state index in [-0.39, 0.29) is 11.6 Å². The smallest absolute Gasteiger partial charge is 0.315 e. The summed E-state index contributed by atoms with van der Waals surface area (Å²) in [7, 11) is 0. The normalized spacial score (nSPS) is 19.3. The molecule has 3 N–H and O–H groups in total. The SMILES string of the molecule is CCc1nc(CN2CCCC(CNC(=O)NC(C)(C)C)C2)c(C)[nH]1. The van der Waals surface area contributed by atoms with Crippen molar-refractivity contribution in [2.45, 2.75) is 66.0 Å². The number of piperidine rings is 1. The lowest BCUT2D eigenvalue weighted by molar-refractivity contribution is 0.163. The largest absolute Gasteiger partial charge is 0.346 e. The van der Waals surface area contributed by atoms with Gasteiger partial charge in [-0.25, -0.2) is 9.78 Å². The molecule has 1 aromatic rings. The highest BCUT2D eigenvalue weighted by atomic mass is 16.2. The summed E-state index contributed by atoms with van der Waals surface area (Å²) >= 11 is 0. The van der Waals surface area contributed by atoms with Crippen LogP contribution in [0, 0.1) is 12.8 Å². The molecule has 1 fully saturated rings. The number of hydrogen-bond donors (Lipinski definition) is 3. The van der Waals surface area contributed by atoms with Crippen molar-refractivity contribution in [2.24, 2.45) is 5.92 Å². The van der Waals surface area contributed by atoms with Gasteiger partial charge in [0.1, 0.15) is 5.82 Å². The van der Waals surface area contributed by atoms with E-state index in [1.165, 1.54) is 18.5 Å². The second-order valence-corrected chi connectivity index (χ2v) is 7.94. The number of hydrogen-bond acceptors (Lipinski definition) is 3. The molecule has 1 unspecified atom stereocenters. The number of H-pyrrole nitrogens is 1. The molecule has 0 saturated carbocycles. The Kier molecular flexibility index (Phi) is 6.27. The molecule has 136 valence electrons. The summed E-state index contributed by atoms with van der Waals surface area (Å²) in [5.74, 6) is 1.57. The minimum absolute atomic E-state index is 0.0737. The van der Waals surface area contributed by atoms with E-state index in [1.807, 2.05) is 20.8 Å². The molecule has 1 aromatic heterocycles. The Morgan fingerprint density at radius 2 is 2.17 bits per heavy atom. The molecule has 1 aliphatic heterocycles. The first kappa shape index (κ1) is 18.8. The van der Waals surface area contributed by atoms with Gasteiger partial charge in [-0.2, -0.15) is 0 Å². The molecule has 0 radical (unpaired) electrons. The standard InChI is InChI=1S/C18H33N5O/c1-6-16-20-13(2)15(21-16)12-23-9-7-8-14(11-23)10-19-17(24)22-18(3,4)5/h14H,6-12H2,1-5H3,(H,20,21)(H2,19,22,24). The van der Waals surface area contributed by atoms with Crippen LogP contribution >= 0.6 is 0 Å². The maximum Gasteiger partial charge on any atom is 0.315 e. The third-order valence-electron chi connectivity index (χ3n) is 4.39. The van der Waals surface area contributed by atoms with Gasteiger partial charge in [0.05, 0.1) is 5.69 Å². The molecule has 2 amide bonds. The molecule has 0 aromatic carbocycles. The van der Waals surface area contributed by atoms with Crippen molar-refractivity contribution >= 4 is 6.03 Å². The number of carbonyl (C=O) groups excluding carboxylic acids is 1. The molecule has 6 nitrogen and oxygen atoms in total. The molecule has 0 bridgehead atoms. The summed E-state index contributed by atoms with van der Waals surface area (Å²) in [5.41, 5.74) is 2.14. The molecule has 0 aliphatic carbocycles. The highest BCUT2D eigenvalue weighted by Gasteiger charge is 2.22. The van der Waals surface area contributed by atoms with Crippen molar-refractivity contribution in [2.75, 3.05) is 19.6 Å². The lowest BCUT2D eigenvalue weighted by Gasteiger charge is -2.32. The number of rotatable bonds is 5. The Balaban J connectivity index is 1.81. The topological polar surface area (TPSA) is 73.1 Å². The van der Waals surface area contributed by atoms with Crippen molar-refractivity contribution in [3.63, 3.8) is 0 Å². The number of aryl methyl sites for hydroxylation is 2. The Bertz CT molecular complexity index is 546. The van der Waals surface area contributed by atoms with E-state index >= 15 is 0 Å². The van der Waals surface area contributed by atoms with Gasteiger partial charge in [0, 0.05) is 37.3 Å². The van der Waals surface area contributed by atoms with Gasteiger partial charge >= 0.3 is 6.03 Å². The Morgan fingerprint density at radius 3 is 2.79 bits per heavy atom. The van der Waals surface area contributed by atoms with Gasteiger partial charge in [0.15, 0.2) is 0 Å². The van der Waals surface area contributed by atoms with Crippen LogP contribution in [0.3, 0.4) is 0 Å². The van der Waals surface area contributed by atoms with Crippen molar-refractivity contribution in [3.05, 3.63) is 17.2 Å². The van der Waals surface area contributed by atoms with Gasteiger partial charge in [-0.15, -0.1) is 0 Å². The van der Waals surface area contributed by atoms with Gasteiger partial charge in [-0.1, -0.05) is 6.92 Å². The van der Waals surface area contributed by atoms with Crippen LogP contribution in [-0.4, -0.2) is 46.1 Å². The lowest BCUT2D eigenvalue weighted by Crippen LogP contribution is -2.49. The van der Waals surface area contributed by atoms with E-state index in [0.29, 0.717) is 5.92 Å². The molecular weight excluding hydrogens is 302 g/mol.